The standard InChI is InChI=1S/C19H26F2N2O3.C12H21NO4/c1-19(2,3)26-18(25)23-8-6-13(7-9-23)11-17(24)22-12-14-4-5-15(20)16(21)10-14;1-12(2,3)17-11(16)13-6-4-9(5-7-13)8-10(14)15/h4-5,10,13H,6-9,11-12H2,1-3H3,(H,22,24);9H,4-8H2,1-3H3,(H,14,15). The van der Waals surface area contributed by atoms with Crippen LogP contribution >= 0.6 is 0 Å². The second-order valence-corrected chi connectivity index (χ2v) is 13.1. The number of benzene rings is 1. The molecule has 1 aromatic carbocycles. The number of carboxylic acids is 1. The molecule has 242 valence electrons. The highest BCUT2D eigenvalue weighted by molar-refractivity contribution is 5.76. The van der Waals surface area contributed by atoms with Gasteiger partial charge in [0, 0.05) is 45.6 Å². The quantitative estimate of drug-likeness (QED) is 0.421. The van der Waals surface area contributed by atoms with E-state index in [1.54, 1.807) is 9.80 Å². The van der Waals surface area contributed by atoms with Gasteiger partial charge in [-0.25, -0.2) is 18.4 Å². The van der Waals surface area contributed by atoms with Crippen molar-refractivity contribution in [3.63, 3.8) is 0 Å². The molecule has 2 N–H and O–H groups in total. The second kappa shape index (κ2) is 15.9. The molecule has 10 nitrogen and oxygen atoms in total. The molecule has 2 fully saturated rings. The third kappa shape index (κ3) is 14.1. The van der Waals surface area contributed by atoms with Crippen LogP contribution in [0.15, 0.2) is 18.2 Å². The molecular formula is C31H47F2N3O7. The van der Waals surface area contributed by atoms with Gasteiger partial charge in [0.05, 0.1) is 0 Å². The molecule has 2 saturated heterocycles. The van der Waals surface area contributed by atoms with Crippen LogP contribution in [0.25, 0.3) is 0 Å². The molecule has 0 unspecified atom stereocenters. The van der Waals surface area contributed by atoms with Gasteiger partial charge in [-0.3, -0.25) is 9.59 Å². The van der Waals surface area contributed by atoms with Gasteiger partial charge >= 0.3 is 18.2 Å². The van der Waals surface area contributed by atoms with Gasteiger partial charge < -0.3 is 29.7 Å². The summed E-state index contributed by atoms with van der Waals surface area (Å²) in [4.78, 5) is 49.7. The van der Waals surface area contributed by atoms with Gasteiger partial charge in [-0.15, -0.1) is 0 Å². The zero-order chi connectivity index (χ0) is 32.4. The molecule has 0 atom stereocenters. The van der Waals surface area contributed by atoms with Crippen molar-refractivity contribution in [1.29, 1.82) is 0 Å². The zero-order valence-electron chi connectivity index (χ0n) is 26.2. The number of nitrogens with zero attached hydrogens (tertiary/aromatic N) is 2. The fraction of sp³-hybridized carbons (Fsp3) is 0.677. The summed E-state index contributed by atoms with van der Waals surface area (Å²) in [5.74, 6) is -2.35. The molecule has 1 aromatic rings. The minimum atomic E-state index is -0.925. The number of carbonyl (C=O) groups is 4. The van der Waals surface area contributed by atoms with Crippen molar-refractivity contribution in [2.75, 3.05) is 26.2 Å². The Morgan fingerprint density at radius 2 is 1.23 bits per heavy atom. The molecule has 0 radical (unpaired) electrons. The highest BCUT2D eigenvalue weighted by atomic mass is 19.2. The van der Waals surface area contributed by atoms with E-state index < -0.39 is 28.8 Å². The van der Waals surface area contributed by atoms with E-state index in [0.717, 1.165) is 37.8 Å². The number of piperidine rings is 2. The van der Waals surface area contributed by atoms with Gasteiger partial charge in [0.15, 0.2) is 11.6 Å². The van der Waals surface area contributed by atoms with E-state index in [2.05, 4.69) is 5.32 Å². The van der Waals surface area contributed by atoms with Crippen LogP contribution < -0.4 is 5.32 Å². The first-order chi connectivity index (χ1) is 19.9. The minimum Gasteiger partial charge on any atom is -0.481 e. The molecule has 0 aromatic heterocycles. The number of hydrogen-bond acceptors (Lipinski definition) is 6. The van der Waals surface area contributed by atoms with Gasteiger partial charge in [-0.1, -0.05) is 6.07 Å². The van der Waals surface area contributed by atoms with Gasteiger partial charge in [-0.2, -0.15) is 0 Å². The molecule has 12 heteroatoms. The minimum absolute atomic E-state index is 0.134. The summed E-state index contributed by atoms with van der Waals surface area (Å²) in [6, 6.07) is 3.57. The molecule has 0 aliphatic carbocycles. The van der Waals surface area contributed by atoms with Gasteiger partial charge in [-0.05, 0) is 96.8 Å². The van der Waals surface area contributed by atoms with Gasteiger partial charge in [0.2, 0.25) is 5.91 Å². The Kier molecular flexibility index (Phi) is 13.2. The van der Waals surface area contributed by atoms with E-state index >= 15 is 0 Å². The molecule has 0 spiro atoms. The van der Waals surface area contributed by atoms with Gasteiger partial charge in [0.25, 0.3) is 0 Å². The Hall–Kier alpha value is -3.44. The maximum absolute atomic E-state index is 13.2. The van der Waals surface area contributed by atoms with Crippen molar-refractivity contribution < 1.29 is 42.5 Å². The first-order valence-corrected chi connectivity index (χ1v) is 14.8. The summed E-state index contributed by atoms with van der Waals surface area (Å²) in [6.07, 6.45) is 2.88. The maximum atomic E-state index is 13.2. The number of halogens is 2. The lowest BCUT2D eigenvalue weighted by molar-refractivity contribution is -0.138. The van der Waals surface area contributed by atoms with Crippen LogP contribution in [-0.2, 0) is 25.6 Å². The van der Waals surface area contributed by atoms with E-state index in [1.807, 2.05) is 41.5 Å². The first-order valence-electron chi connectivity index (χ1n) is 14.8. The van der Waals surface area contributed by atoms with Crippen LogP contribution in [0.3, 0.4) is 0 Å². The predicted molar refractivity (Wildman–Crippen MR) is 156 cm³/mol. The first kappa shape index (κ1) is 35.8. The maximum Gasteiger partial charge on any atom is 0.410 e. The van der Waals surface area contributed by atoms with Crippen molar-refractivity contribution in [3.8, 4) is 0 Å². The Morgan fingerprint density at radius 3 is 1.63 bits per heavy atom. The average Bonchev–Trinajstić information content (AvgIpc) is 2.88. The van der Waals surface area contributed by atoms with E-state index in [1.165, 1.54) is 6.07 Å². The normalized spacial score (nSPS) is 16.6. The molecule has 2 heterocycles. The Bertz CT molecular complexity index is 1100. The molecule has 3 rings (SSSR count). The van der Waals surface area contributed by atoms with E-state index in [4.69, 9.17) is 14.6 Å². The lowest BCUT2D eigenvalue weighted by atomic mass is 9.93. The van der Waals surface area contributed by atoms with E-state index in [9.17, 15) is 28.0 Å². The van der Waals surface area contributed by atoms with Crippen LogP contribution in [0.2, 0.25) is 0 Å². The number of amides is 3. The molecular weight excluding hydrogens is 564 g/mol. The average molecular weight is 612 g/mol. The number of carbonyl (C=O) groups excluding carboxylic acids is 3. The second-order valence-electron chi connectivity index (χ2n) is 13.1. The lowest BCUT2D eigenvalue weighted by Crippen LogP contribution is -2.42. The predicted octanol–water partition coefficient (Wildman–Crippen LogP) is 5.73. The fourth-order valence-electron chi connectivity index (χ4n) is 4.72. The van der Waals surface area contributed by atoms with Crippen LogP contribution in [0, 0.1) is 23.5 Å². The van der Waals surface area contributed by atoms with Crippen molar-refractivity contribution >= 4 is 24.1 Å². The van der Waals surface area contributed by atoms with Crippen molar-refractivity contribution in [1.82, 2.24) is 15.1 Å². The van der Waals surface area contributed by atoms with Crippen LogP contribution in [0.5, 0.6) is 0 Å². The SMILES string of the molecule is CC(C)(C)OC(=O)N1CCC(CC(=O)NCc2ccc(F)c(F)c2)CC1.CC(C)(C)OC(=O)N1CCC(CC(=O)O)CC1. The smallest absolute Gasteiger partial charge is 0.410 e. The molecule has 2 aliphatic rings. The molecule has 0 bridgehead atoms. The number of carboxylic acid groups (broad SMARTS) is 1. The van der Waals surface area contributed by atoms with E-state index in [0.29, 0.717) is 38.2 Å². The van der Waals surface area contributed by atoms with Crippen molar-refractivity contribution in [2.45, 2.75) is 97.8 Å². The summed E-state index contributed by atoms with van der Waals surface area (Å²) >= 11 is 0. The molecule has 2 aliphatic heterocycles. The van der Waals surface area contributed by atoms with Crippen LogP contribution in [0.4, 0.5) is 18.4 Å². The Morgan fingerprint density at radius 1 is 0.791 bits per heavy atom. The Balaban J connectivity index is 0.000000329. The highest BCUT2D eigenvalue weighted by Gasteiger charge is 2.29. The topological polar surface area (TPSA) is 125 Å². The monoisotopic (exact) mass is 611 g/mol. The summed E-state index contributed by atoms with van der Waals surface area (Å²) in [7, 11) is 0. The molecule has 3 amide bonds. The third-order valence-corrected chi connectivity index (χ3v) is 6.94. The lowest BCUT2D eigenvalue weighted by Gasteiger charge is -2.33. The van der Waals surface area contributed by atoms with Crippen molar-refractivity contribution in [2.24, 2.45) is 11.8 Å². The summed E-state index contributed by atoms with van der Waals surface area (Å²) in [5, 5.41) is 11.4. The Labute approximate surface area is 253 Å². The van der Waals surface area contributed by atoms with Crippen LogP contribution in [-0.4, -0.2) is 76.4 Å². The summed E-state index contributed by atoms with van der Waals surface area (Å²) in [5.41, 5.74) is -0.486. The van der Waals surface area contributed by atoms with E-state index in [-0.39, 0.29) is 42.9 Å². The third-order valence-electron chi connectivity index (χ3n) is 6.94. The number of ether oxygens (including phenoxy) is 2. The zero-order valence-corrected chi connectivity index (χ0v) is 26.2. The van der Waals surface area contributed by atoms with Gasteiger partial charge in [0.1, 0.15) is 11.2 Å². The summed E-state index contributed by atoms with van der Waals surface area (Å²) < 4.78 is 36.7. The number of rotatable bonds is 6. The molecule has 43 heavy (non-hydrogen) atoms. The fourth-order valence-corrected chi connectivity index (χ4v) is 4.72. The largest absolute Gasteiger partial charge is 0.481 e. The highest BCUT2D eigenvalue weighted by Crippen LogP contribution is 2.23. The number of nitrogens with one attached hydrogen (secondary N) is 1. The summed E-state index contributed by atoms with van der Waals surface area (Å²) in [6.45, 7) is 13.5. The number of aliphatic carboxylic acids is 1. The number of likely N-dealkylation sites (tertiary alicyclic amines) is 2. The van der Waals surface area contributed by atoms with Crippen molar-refractivity contribution in [3.05, 3.63) is 35.4 Å². The van der Waals surface area contributed by atoms with Crippen LogP contribution in [0.1, 0.15) is 85.6 Å². The molecule has 0 saturated carbocycles. The number of hydrogen-bond donors (Lipinski definition) is 2.